The van der Waals surface area contributed by atoms with Crippen LogP contribution in [0.5, 0.6) is 0 Å². The number of nitrogens with one attached hydrogen (secondary N) is 1. The average Bonchev–Trinajstić information content (AvgIpc) is 2.34. The van der Waals surface area contributed by atoms with Crippen molar-refractivity contribution in [3.8, 4) is 6.07 Å². The van der Waals surface area contributed by atoms with Gasteiger partial charge in [-0.15, -0.1) is 0 Å². The van der Waals surface area contributed by atoms with E-state index in [1.165, 1.54) is 6.20 Å². The maximum absolute atomic E-state index is 11.7. The molecule has 0 aliphatic rings. The van der Waals surface area contributed by atoms with Gasteiger partial charge in [0.15, 0.2) is 11.0 Å². The lowest BCUT2D eigenvalue weighted by Crippen LogP contribution is -2.27. The van der Waals surface area contributed by atoms with Crippen molar-refractivity contribution in [2.24, 2.45) is 0 Å². The van der Waals surface area contributed by atoms with Crippen molar-refractivity contribution in [3.63, 3.8) is 0 Å². The second-order valence-electron chi connectivity index (χ2n) is 4.84. The highest BCUT2D eigenvalue weighted by Gasteiger charge is 2.18. The van der Waals surface area contributed by atoms with Gasteiger partial charge in [-0.05, 0) is 20.8 Å². The Balaban J connectivity index is 2.88. The van der Waals surface area contributed by atoms with E-state index in [4.69, 9.17) is 15.1 Å². The summed E-state index contributed by atoms with van der Waals surface area (Å²) in [6.45, 7) is 5.10. The topological polar surface area (TPSA) is 125 Å². The molecule has 21 heavy (non-hydrogen) atoms. The lowest BCUT2D eigenvalue weighted by Gasteiger charge is -2.19. The van der Waals surface area contributed by atoms with Crippen LogP contribution in [0.25, 0.3) is 0 Å². The number of nitrogens with zero attached hydrogens (tertiary/aromatic N) is 3. The number of hydrogen-bond acceptors (Lipinski definition) is 7. The highest BCUT2D eigenvalue weighted by Crippen LogP contribution is 2.18. The molecule has 0 radical (unpaired) electrons. The molecule has 1 rings (SSSR count). The fourth-order valence-corrected chi connectivity index (χ4v) is 1.67. The molecule has 2 N–H and O–H groups in total. The Kier molecular flexibility index (Phi) is 5.49. The molecular formula is C12H14N4O4S. The van der Waals surface area contributed by atoms with Crippen LogP contribution in [-0.4, -0.2) is 38.5 Å². The molecule has 0 bridgehead atoms. The van der Waals surface area contributed by atoms with Crippen molar-refractivity contribution in [1.82, 2.24) is 9.97 Å². The van der Waals surface area contributed by atoms with Crippen LogP contribution in [0.15, 0.2) is 11.4 Å². The summed E-state index contributed by atoms with van der Waals surface area (Å²) < 4.78 is 5.06. The number of hydrogen-bond donors (Lipinski definition) is 2. The van der Waals surface area contributed by atoms with Gasteiger partial charge in [-0.2, -0.15) is 5.26 Å². The predicted octanol–water partition coefficient (Wildman–Crippen LogP) is 1.87. The molecule has 1 amide bonds. The molecule has 0 spiro atoms. The van der Waals surface area contributed by atoms with Crippen molar-refractivity contribution < 1.29 is 19.4 Å². The van der Waals surface area contributed by atoms with Gasteiger partial charge in [0.05, 0.1) is 11.9 Å². The standard InChI is InChI=1S/C12H14N4O4S/c1-12(2,3)20-11(19)16-9-7(4-13)5-14-10(15-9)21-6-8(17)18/h5H,6H2,1-3H3,(H,17,18)(H,14,15,16,19). The van der Waals surface area contributed by atoms with Crippen LogP contribution in [0.2, 0.25) is 0 Å². The van der Waals surface area contributed by atoms with E-state index >= 15 is 0 Å². The number of carboxylic acids is 1. The van der Waals surface area contributed by atoms with Gasteiger partial charge in [0, 0.05) is 0 Å². The molecule has 0 aliphatic heterocycles. The molecular weight excluding hydrogens is 296 g/mol. The first-order valence-corrected chi connectivity index (χ1v) is 6.81. The summed E-state index contributed by atoms with van der Waals surface area (Å²) in [6.07, 6.45) is 0.455. The third kappa shape index (κ3) is 6.09. The first-order valence-electron chi connectivity index (χ1n) is 5.83. The van der Waals surface area contributed by atoms with Crippen molar-refractivity contribution in [2.75, 3.05) is 11.1 Å². The normalized spacial score (nSPS) is 10.6. The van der Waals surface area contributed by atoms with Gasteiger partial charge < -0.3 is 9.84 Å². The number of amides is 1. The molecule has 1 aromatic heterocycles. The Morgan fingerprint density at radius 2 is 2.19 bits per heavy atom. The number of carboxylic acid groups (broad SMARTS) is 1. The second kappa shape index (κ2) is 6.90. The first kappa shape index (κ1) is 16.7. The van der Waals surface area contributed by atoms with Crippen LogP contribution in [0.4, 0.5) is 10.6 Å². The van der Waals surface area contributed by atoms with Crippen molar-refractivity contribution in [3.05, 3.63) is 11.8 Å². The molecule has 0 atom stereocenters. The minimum Gasteiger partial charge on any atom is -0.481 e. The fraction of sp³-hybridized carbons (Fsp3) is 0.417. The van der Waals surface area contributed by atoms with Gasteiger partial charge >= 0.3 is 12.1 Å². The van der Waals surface area contributed by atoms with E-state index in [0.717, 1.165) is 11.8 Å². The Morgan fingerprint density at radius 1 is 1.52 bits per heavy atom. The molecule has 0 saturated carbocycles. The summed E-state index contributed by atoms with van der Waals surface area (Å²) >= 11 is 0.879. The van der Waals surface area contributed by atoms with E-state index in [1.807, 2.05) is 6.07 Å². The lowest BCUT2D eigenvalue weighted by molar-refractivity contribution is -0.133. The molecule has 0 aromatic carbocycles. The van der Waals surface area contributed by atoms with Crippen molar-refractivity contribution in [2.45, 2.75) is 31.5 Å². The lowest BCUT2D eigenvalue weighted by atomic mass is 10.2. The largest absolute Gasteiger partial charge is 0.481 e. The number of anilines is 1. The number of thioether (sulfide) groups is 1. The Bertz CT molecular complexity index is 592. The Morgan fingerprint density at radius 3 is 2.71 bits per heavy atom. The number of carbonyl (C=O) groups excluding carboxylic acids is 1. The summed E-state index contributed by atoms with van der Waals surface area (Å²) in [6, 6.07) is 1.84. The molecule has 8 nitrogen and oxygen atoms in total. The number of aliphatic carboxylic acids is 1. The summed E-state index contributed by atoms with van der Waals surface area (Å²) in [5, 5.41) is 20.0. The van der Waals surface area contributed by atoms with Gasteiger partial charge in [0.25, 0.3) is 0 Å². The number of rotatable bonds is 4. The summed E-state index contributed by atoms with van der Waals surface area (Å²) in [4.78, 5) is 29.9. The average molecular weight is 310 g/mol. The van der Waals surface area contributed by atoms with Gasteiger partial charge in [-0.1, -0.05) is 11.8 Å². The van der Waals surface area contributed by atoms with Crippen LogP contribution in [0, 0.1) is 11.3 Å². The summed E-state index contributed by atoms with van der Waals surface area (Å²) in [5.41, 5.74) is -0.634. The quantitative estimate of drug-likeness (QED) is 0.637. The highest BCUT2D eigenvalue weighted by atomic mass is 32.2. The third-order valence-corrected chi connectivity index (χ3v) is 2.68. The van der Waals surface area contributed by atoms with Gasteiger partial charge in [-0.3, -0.25) is 10.1 Å². The zero-order chi connectivity index (χ0) is 16.0. The maximum atomic E-state index is 11.7. The Hall–Kier alpha value is -2.34. The van der Waals surface area contributed by atoms with Crippen LogP contribution < -0.4 is 5.32 Å². The van der Waals surface area contributed by atoms with E-state index in [9.17, 15) is 9.59 Å². The van der Waals surface area contributed by atoms with E-state index in [0.29, 0.717) is 0 Å². The SMILES string of the molecule is CC(C)(C)OC(=O)Nc1nc(SCC(=O)O)ncc1C#N. The monoisotopic (exact) mass is 310 g/mol. The minimum absolute atomic E-state index is 0.0189. The van der Waals surface area contributed by atoms with Gasteiger partial charge in [0.2, 0.25) is 0 Å². The van der Waals surface area contributed by atoms with Gasteiger partial charge in [0.1, 0.15) is 17.2 Å². The molecule has 9 heteroatoms. The molecule has 1 heterocycles. The zero-order valence-electron chi connectivity index (χ0n) is 11.7. The number of carbonyl (C=O) groups is 2. The van der Waals surface area contributed by atoms with Crippen molar-refractivity contribution in [1.29, 1.82) is 5.26 Å². The number of ether oxygens (including phenoxy) is 1. The first-order chi connectivity index (χ1) is 9.71. The molecule has 0 saturated heterocycles. The number of nitriles is 1. The van der Waals surface area contributed by atoms with Crippen LogP contribution in [0.3, 0.4) is 0 Å². The third-order valence-electron chi connectivity index (χ3n) is 1.83. The van der Waals surface area contributed by atoms with Crippen LogP contribution in [-0.2, 0) is 9.53 Å². The summed E-state index contributed by atoms with van der Waals surface area (Å²) in [7, 11) is 0. The molecule has 0 aliphatic carbocycles. The second-order valence-corrected chi connectivity index (χ2v) is 5.78. The molecule has 112 valence electrons. The van der Waals surface area contributed by atoms with E-state index in [2.05, 4.69) is 15.3 Å². The maximum Gasteiger partial charge on any atom is 0.413 e. The molecule has 0 fully saturated rings. The Labute approximate surface area is 125 Å². The smallest absolute Gasteiger partial charge is 0.413 e. The minimum atomic E-state index is -1.02. The van der Waals surface area contributed by atoms with E-state index in [1.54, 1.807) is 20.8 Å². The number of aromatic nitrogens is 2. The zero-order valence-corrected chi connectivity index (χ0v) is 12.5. The summed E-state index contributed by atoms with van der Waals surface area (Å²) in [5.74, 6) is -1.26. The fourth-order valence-electron chi connectivity index (χ4n) is 1.14. The van der Waals surface area contributed by atoms with Crippen molar-refractivity contribution >= 4 is 29.6 Å². The van der Waals surface area contributed by atoms with Crippen LogP contribution in [0.1, 0.15) is 26.3 Å². The van der Waals surface area contributed by atoms with Crippen LogP contribution >= 0.6 is 11.8 Å². The molecule has 1 aromatic rings. The van der Waals surface area contributed by atoms with E-state index in [-0.39, 0.29) is 22.3 Å². The predicted molar refractivity (Wildman–Crippen MR) is 75.0 cm³/mol. The van der Waals surface area contributed by atoms with E-state index < -0.39 is 17.7 Å². The molecule has 0 unspecified atom stereocenters. The van der Waals surface area contributed by atoms with Gasteiger partial charge in [-0.25, -0.2) is 14.8 Å². The highest BCUT2D eigenvalue weighted by molar-refractivity contribution is 7.99.